The minimum atomic E-state index is -3.69. The van der Waals surface area contributed by atoms with Crippen LogP contribution in [0, 0.1) is 0 Å². The number of anilines is 2. The molecular weight excluding hydrogens is 378 g/mol. The van der Waals surface area contributed by atoms with Crippen LogP contribution in [0.5, 0.6) is 0 Å². The number of rotatable bonds is 9. The maximum atomic E-state index is 12.3. The lowest BCUT2D eigenvalue weighted by atomic mass is 10.1. The van der Waals surface area contributed by atoms with E-state index in [0.717, 1.165) is 16.2 Å². The number of amides is 1. The van der Waals surface area contributed by atoms with Gasteiger partial charge in [-0.2, -0.15) is 0 Å². The predicted octanol–water partition coefficient (Wildman–Crippen LogP) is 1.91. The molecule has 0 aliphatic carbocycles. The molecule has 0 aliphatic rings. The van der Waals surface area contributed by atoms with E-state index in [-0.39, 0.29) is 18.0 Å². The molecule has 0 saturated carbocycles. The van der Waals surface area contributed by atoms with Crippen LogP contribution in [0.3, 0.4) is 0 Å². The second-order valence-electron chi connectivity index (χ2n) is 6.48. The third-order valence-corrected chi connectivity index (χ3v) is 5.34. The van der Waals surface area contributed by atoms with Crippen molar-refractivity contribution >= 4 is 33.1 Å². The van der Waals surface area contributed by atoms with E-state index in [9.17, 15) is 18.0 Å². The first-order valence-corrected chi connectivity index (χ1v) is 10.6. The maximum Gasteiger partial charge on any atom is 0.240 e. The summed E-state index contributed by atoms with van der Waals surface area (Å²) in [4.78, 5) is 25.9. The number of hydrogen-bond acceptors (Lipinski definition) is 5. The van der Waals surface area contributed by atoms with E-state index in [1.54, 1.807) is 18.2 Å². The molecule has 8 heteroatoms. The van der Waals surface area contributed by atoms with Gasteiger partial charge in [0.15, 0.2) is 5.78 Å². The quantitative estimate of drug-likeness (QED) is 0.647. The normalized spacial score (nSPS) is 11.0. The molecule has 0 saturated heterocycles. The molecule has 1 N–H and O–H groups in total. The number of nitrogens with one attached hydrogen (secondary N) is 1. The van der Waals surface area contributed by atoms with Crippen molar-refractivity contribution in [3.05, 3.63) is 60.2 Å². The maximum absolute atomic E-state index is 12.3. The van der Waals surface area contributed by atoms with Crippen molar-refractivity contribution in [1.29, 1.82) is 0 Å². The Labute approximate surface area is 166 Å². The van der Waals surface area contributed by atoms with Gasteiger partial charge in [-0.15, -0.1) is 0 Å². The second-order valence-corrected chi connectivity index (χ2v) is 8.39. The van der Waals surface area contributed by atoms with Gasteiger partial charge >= 0.3 is 0 Å². The van der Waals surface area contributed by atoms with Crippen LogP contribution in [0.15, 0.2) is 54.6 Å². The molecule has 0 atom stereocenters. The number of hydrogen-bond donors (Lipinski definition) is 1. The number of carbonyl (C=O) groups excluding carboxylic acids is 2. The van der Waals surface area contributed by atoms with Crippen molar-refractivity contribution < 1.29 is 18.0 Å². The summed E-state index contributed by atoms with van der Waals surface area (Å²) >= 11 is 0. The van der Waals surface area contributed by atoms with Gasteiger partial charge in [0.25, 0.3) is 0 Å². The van der Waals surface area contributed by atoms with E-state index in [4.69, 9.17) is 0 Å². The zero-order valence-corrected chi connectivity index (χ0v) is 17.1. The molecule has 0 aliphatic heterocycles. The van der Waals surface area contributed by atoms with Gasteiger partial charge in [-0.05, 0) is 31.2 Å². The molecule has 28 heavy (non-hydrogen) atoms. The third-order valence-electron chi connectivity index (χ3n) is 4.19. The fraction of sp³-hybridized carbons (Fsp3) is 0.300. The number of sulfonamides is 1. The summed E-state index contributed by atoms with van der Waals surface area (Å²) in [5, 5.41) is 2.74. The summed E-state index contributed by atoms with van der Waals surface area (Å²) in [5.74, 6) is -0.594. The Morgan fingerprint density at radius 1 is 1.00 bits per heavy atom. The number of Topliss-reactive ketones (excluding diaryl/α,β-unsaturated/α-hetero) is 1. The fourth-order valence-electron chi connectivity index (χ4n) is 2.64. The first-order valence-electron chi connectivity index (χ1n) is 8.80. The van der Waals surface area contributed by atoms with Crippen LogP contribution in [0.4, 0.5) is 11.4 Å². The Morgan fingerprint density at radius 3 is 2.25 bits per heavy atom. The average Bonchev–Trinajstić information content (AvgIpc) is 2.66. The van der Waals surface area contributed by atoms with Crippen LogP contribution in [0.1, 0.15) is 17.3 Å². The lowest BCUT2D eigenvalue weighted by Gasteiger charge is -2.23. The zero-order chi connectivity index (χ0) is 20.7. The molecule has 2 rings (SSSR count). The van der Waals surface area contributed by atoms with Crippen molar-refractivity contribution in [2.24, 2.45) is 0 Å². The average molecular weight is 404 g/mol. The molecule has 150 valence electrons. The van der Waals surface area contributed by atoms with E-state index >= 15 is 0 Å². The summed E-state index contributed by atoms with van der Waals surface area (Å²) in [6.07, 6.45) is 1.03. The topological polar surface area (TPSA) is 86.8 Å². The van der Waals surface area contributed by atoms with E-state index in [1.165, 1.54) is 13.0 Å². The van der Waals surface area contributed by atoms with E-state index in [2.05, 4.69) is 5.32 Å². The highest BCUT2D eigenvalue weighted by Crippen LogP contribution is 2.19. The highest BCUT2D eigenvalue weighted by molar-refractivity contribution is 7.92. The van der Waals surface area contributed by atoms with E-state index in [1.807, 2.05) is 42.3 Å². The summed E-state index contributed by atoms with van der Waals surface area (Å²) in [6, 6.07) is 16.0. The van der Waals surface area contributed by atoms with Gasteiger partial charge in [-0.3, -0.25) is 13.9 Å². The first-order chi connectivity index (χ1) is 13.2. The lowest BCUT2D eigenvalue weighted by Crippen LogP contribution is -2.42. The molecule has 0 spiro atoms. The van der Waals surface area contributed by atoms with Crippen LogP contribution in [0.2, 0.25) is 0 Å². The second kappa shape index (κ2) is 9.36. The van der Waals surface area contributed by atoms with Crippen molar-refractivity contribution in [2.75, 3.05) is 42.1 Å². The van der Waals surface area contributed by atoms with Gasteiger partial charge in [0.2, 0.25) is 15.9 Å². The Kier molecular flexibility index (Phi) is 7.17. The van der Waals surface area contributed by atoms with Gasteiger partial charge in [0, 0.05) is 31.4 Å². The summed E-state index contributed by atoms with van der Waals surface area (Å²) in [6.45, 7) is 2.00. The van der Waals surface area contributed by atoms with Crippen LogP contribution in [0.25, 0.3) is 0 Å². The van der Waals surface area contributed by atoms with E-state index < -0.39 is 15.9 Å². The number of likely N-dealkylation sites (N-methyl/N-ethyl adjacent to an activating group) is 1. The molecule has 7 nitrogen and oxygen atoms in total. The number of para-hydroxylation sites is 1. The molecule has 0 fully saturated rings. The van der Waals surface area contributed by atoms with Gasteiger partial charge in [0.05, 0.1) is 11.9 Å². The number of carbonyl (C=O) groups is 2. The van der Waals surface area contributed by atoms with E-state index in [0.29, 0.717) is 18.7 Å². The van der Waals surface area contributed by atoms with Crippen LogP contribution >= 0.6 is 0 Å². The summed E-state index contributed by atoms with van der Waals surface area (Å²) in [7, 11) is -1.77. The standard InChI is InChI=1S/C20H25N3O4S/c1-16(24)17-8-7-11-19(14-17)23(28(3,26)27)15-20(25)21-12-13-22(2)18-9-5-4-6-10-18/h4-11,14H,12-13,15H2,1-3H3,(H,21,25). The molecule has 2 aromatic carbocycles. The summed E-state index contributed by atoms with van der Waals surface area (Å²) < 4.78 is 25.3. The van der Waals surface area contributed by atoms with Crippen molar-refractivity contribution in [3.8, 4) is 0 Å². The van der Waals surface area contributed by atoms with Crippen LogP contribution in [-0.2, 0) is 14.8 Å². The van der Waals surface area contributed by atoms with Gasteiger partial charge in [-0.25, -0.2) is 8.42 Å². The van der Waals surface area contributed by atoms with Crippen molar-refractivity contribution in [2.45, 2.75) is 6.92 Å². The smallest absolute Gasteiger partial charge is 0.240 e. The van der Waals surface area contributed by atoms with Gasteiger partial charge in [0.1, 0.15) is 6.54 Å². The number of ketones is 1. The molecule has 0 bridgehead atoms. The van der Waals surface area contributed by atoms with Gasteiger partial charge in [-0.1, -0.05) is 30.3 Å². The summed E-state index contributed by atoms with van der Waals surface area (Å²) in [5.41, 5.74) is 1.69. The highest BCUT2D eigenvalue weighted by atomic mass is 32.2. The molecule has 0 heterocycles. The minimum absolute atomic E-state index is 0.177. The van der Waals surface area contributed by atoms with Crippen molar-refractivity contribution in [1.82, 2.24) is 5.32 Å². The Morgan fingerprint density at radius 2 is 1.64 bits per heavy atom. The Bertz CT molecular complexity index is 929. The lowest BCUT2D eigenvalue weighted by molar-refractivity contribution is -0.119. The SMILES string of the molecule is CC(=O)c1cccc(N(CC(=O)NCCN(C)c2ccccc2)S(C)(=O)=O)c1. The number of benzene rings is 2. The predicted molar refractivity (Wildman–Crippen MR) is 111 cm³/mol. The molecule has 0 unspecified atom stereocenters. The molecule has 0 aromatic heterocycles. The monoisotopic (exact) mass is 403 g/mol. The largest absolute Gasteiger partial charge is 0.373 e. The molecule has 0 radical (unpaired) electrons. The highest BCUT2D eigenvalue weighted by Gasteiger charge is 2.21. The molecule has 2 aromatic rings. The minimum Gasteiger partial charge on any atom is -0.373 e. The van der Waals surface area contributed by atoms with Crippen molar-refractivity contribution in [3.63, 3.8) is 0 Å². The number of nitrogens with zero attached hydrogens (tertiary/aromatic N) is 2. The Balaban J connectivity index is 2.00. The first kappa shape index (κ1) is 21.4. The third kappa shape index (κ3) is 6.09. The zero-order valence-electron chi connectivity index (χ0n) is 16.3. The molecule has 1 amide bonds. The fourth-order valence-corrected chi connectivity index (χ4v) is 3.49. The Hall–Kier alpha value is -2.87. The molecular formula is C20H25N3O4S. The van der Waals surface area contributed by atoms with Crippen LogP contribution < -0.4 is 14.5 Å². The van der Waals surface area contributed by atoms with Gasteiger partial charge < -0.3 is 10.2 Å². The van der Waals surface area contributed by atoms with Crippen LogP contribution in [-0.4, -0.2) is 53.0 Å².